The zero-order valence-electron chi connectivity index (χ0n) is 21.7. The highest BCUT2D eigenvalue weighted by Gasteiger charge is 2.33. The van der Waals surface area contributed by atoms with Crippen molar-refractivity contribution in [1.29, 1.82) is 0 Å². The third-order valence-corrected chi connectivity index (χ3v) is 7.14. The second-order valence-corrected chi connectivity index (χ2v) is 9.93. The number of thioether (sulfide) groups is 1. The van der Waals surface area contributed by atoms with Gasteiger partial charge in [-0.25, -0.2) is 9.79 Å². The van der Waals surface area contributed by atoms with Gasteiger partial charge in [-0.3, -0.25) is 9.69 Å². The first-order valence-electron chi connectivity index (χ1n) is 12.5. The van der Waals surface area contributed by atoms with Crippen LogP contribution >= 0.6 is 11.8 Å². The summed E-state index contributed by atoms with van der Waals surface area (Å²) in [6.07, 6.45) is 1.82. The van der Waals surface area contributed by atoms with Crippen LogP contribution in [-0.2, 0) is 17.9 Å². The van der Waals surface area contributed by atoms with Crippen LogP contribution in [0.2, 0.25) is 0 Å². The molecule has 1 fully saturated rings. The summed E-state index contributed by atoms with van der Waals surface area (Å²) in [5.41, 5.74) is 3.53. The maximum atomic E-state index is 13.6. The number of carboxylic acids is 1. The van der Waals surface area contributed by atoms with Gasteiger partial charge in [-0.05, 0) is 70.9 Å². The minimum Gasteiger partial charge on any atom is -0.493 e. The Morgan fingerprint density at radius 1 is 0.900 bits per heavy atom. The van der Waals surface area contributed by atoms with Crippen molar-refractivity contribution in [2.75, 3.05) is 7.11 Å². The predicted octanol–water partition coefficient (Wildman–Crippen LogP) is 6.78. The predicted molar refractivity (Wildman–Crippen MR) is 157 cm³/mol. The van der Waals surface area contributed by atoms with E-state index in [4.69, 9.17) is 14.5 Å². The normalized spacial score (nSPS) is 15.0. The van der Waals surface area contributed by atoms with E-state index in [1.54, 1.807) is 24.1 Å². The maximum Gasteiger partial charge on any atom is 0.335 e. The Hall–Kier alpha value is -4.82. The molecule has 40 heavy (non-hydrogen) atoms. The van der Waals surface area contributed by atoms with E-state index in [-0.39, 0.29) is 18.0 Å². The minimum atomic E-state index is -0.998. The Balaban J connectivity index is 1.43. The molecule has 1 aliphatic rings. The minimum absolute atomic E-state index is 0.189. The Morgan fingerprint density at radius 3 is 2.27 bits per heavy atom. The van der Waals surface area contributed by atoms with E-state index in [2.05, 4.69) is 0 Å². The fraction of sp³-hybridized carbons (Fsp3) is 0.0938. The van der Waals surface area contributed by atoms with E-state index in [0.29, 0.717) is 28.2 Å². The van der Waals surface area contributed by atoms with Gasteiger partial charge in [0.25, 0.3) is 5.91 Å². The monoisotopic (exact) mass is 550 g/mol. The van der Waals surface area contributed by atoms with E-state index >= 15 is 0 Å². The van der Waals surface area contributed by atoms with Gasteiger partial charge >= 0.3 is 5.97 Å². The van der Waals surface area contributed by atoms with Crippen molar-refractivity contribution in [2.24, 2.45) is 4.99 Å². The Morgan fingerprint density at radius 2 is 1.60 bits per heavy atom. The second-order valence-electron chi connectivity index (χ2n) is 8.92. The second kappa shape index (κ2) is 12.4. The fourth-order valence-corrected chi connectivity index (χ4v) is 5.06. The molecule has 0 radical (unpaired) electrons. The molecule has 1 N–H and O–H groups in total. The molecule has 0 spiro atoms. The summed E-state index contributed by atoms with van der Waals surface area (Å²) in [7, 11) is 1.59. The number of methoxy groups -OCH3 is 1. The molecule has 8 heteroatoms. The third-order valence-electron chi connectivity index (χ3n) is 6.13. The van der Waals surface area contributed by atoms with Crippen molar-refractivity contribution >= 4 is 40.6 Å². The van der Waals surface area contributed by atoms with Crippen LogP contribution in [0.4, 0.5) is 5.69 Å². The van der Waals surface area contributed by atoms with Crippen LogP contribution in [0, 0.1) is 0 Å². The van der Waals surface area contributed by atoms with Gasteiger partial charge in [-0.1, -0.05) is 66.7 Å². The molecule has 200 valence electrons. The molecule has 0 bridgehead atoms. The number of carbonyl (C=O) groups excluding carboxylic acids is 1. The number of amides is 1. The van der Waals surface area contributed by atoms with Crippen LogP contribution in [0.25, 0.3) is 6.08 Å². The largest absolute Gasteiger partial charge is 0.493 e. The van der Waals surface area contributed by atoms with Crippen LogP contribution in [0.5, 0.6) is 11.5 Å². The number of carbonyl (C=O) groups is 2. The zero-order chi connectivity index (χ0) is 27.9. The molecule has 1 aliphatic heterocycles. The standard InChI is InChI=1S/C32H26N2O5S/c1-38-27-17-14-24(18-28(27)39-21-23-8-4-2-5-9-23)19-29-30(35)34(20-22-12-15-25(16-13-22)31(36)37)32(40-29)33-26-10-6-3-7-11-26/h2-19H,20-21H2,1H3,(H,36,37)/b29-19-,33-32?. The molecular weight excluding hydrogens is 524 g/mol. The van der Waals surface area contributed by atoms with Crippen LogP contribution in [0.3, 0.4) is 0 Å². The molecule has 1 amide bonds. The van der Waals surface area contributed by atoms with E-state index in [1.165, 1.54) is 23.9 Å². The number of aliphatic imine (C=N–C) groups is 1. The quantitative estimate of drug-likeness (QED) is 0.231. The van der Waals surface area contributed by atoms with E-state index in [9.17, 15) is 14.7 Å². The highest BCUT2D eigenvalue weighted by molar-refractivity contribution is 8.18. The topological polar surface area (TPSA) is 88.4 Å². The SMILES string of the molecule is COc1ccc(/C=C2\SC(=Nc3ccccc3)N(Cc3ccc(C(=O)O)cc3)C2=O)cc1OCc1ccccc1. The van der Waals surface area contributed by atoms with Crippen molar-refractivity contribution in [3.8, 4) is 11.5 Å². The average molecular weight is 551 g/mol. The van der Waals surface area contributed by atoms with Crippen molar-refractivity contribution < 1.29 is 24.2 Å². The van der Waals surface area contributed by atoms with E-state index in [1.807, 2.05) is 84.9 Å². The van der Waals surface area contributed by atoms with Gasteiger partial charge in [0.05, 0.1) is 29.8 Å². The molecule has 7 nitrogen and oxygen atoms in total. The molecule has 4 aromatic carbocycles. The van der Waals surface area contributed by atoms with Crippen LogP contribution in [0.15, 0.2) is 113 Å². The van der Waals surface area contributed by atoms with E-state index < -0.39 is 5.97 Å². The summed E-state index contributed by atoms with van der Waals surface area (Å²) in [5.74, 6) is -0.0157. The Labute approximate surface area is 236 Å². The number of carboxylic acid groups (broad SMARTS) is 1. The van der Waals surface area contributed by atoms with Crippen molar-refractivity contribution in [3.05, 3.63) is 130 Å². The molecule has 1 heterocycles. The number of hydrogen-bond acceptors (Lipinski definition) is 6. The highest BCUT2D eigenvalue weighted by Crippen LogP contribution is 2.37. The number of amidine groups is 1. The van der Waals surface area contributed by atoms with Crippen LogP contribution < -0.4 is 9.47 Å². The number of benzene rings is 4. The first-order chi connectivity index (χ1) is 19.5. The molecule has 5 rings (SSSR count). The van der Waals surface area contributed by atoms with Gasteiger partial charge in [0, 0.05) is 0 Å². The highest BCUT2D eigenvalue weighted by atomic mass is 32.2. The lowest BCUT2D eigenvalue weighted by molar-refractivity contribution is -0.122. The van der Waals surface area contributed by atoms with Gasteiger partial charge in [-0.2, -0.15) is 0 Å². The summed E-state index contributed by atoms with van der Waals surface area (Å²) < 4.78 is 11.5. The first-order valence-corrected chi connectivity index (χ1v) is 13.3. The molecular formula is C32H26N2O5S. The smallest absolute Gasteiger partial charge is 0.335 e. The molecule has 0 aromatic heterocycles. The lowest BCUT2D eigenvalue weighted by Crippen LogP contribution is -2.28. The van der Waals surface area contributed by atoms with Crippen molar-refractivity contribution in [1.82, 2.24) is 4.90 Å². The molecule has 4 aromatic rings. The van der Waals surface area contributed by atoms with Crippen LogP contribution in [-0.4, -0.2) is 34.2 Å². The molecule has 0 aliphatic carbocycles. The number of rotatable bonds is 9. The van der Waals surface area contributed by atoms with Crippen molar-refractivity contribution in [3.63, 3.8) is 0 Å². The Bertz CT molecular complexity index is 1570. The summed E-state index contributed by atoms with van der Waals surface area (Å²) in [5, 5.41) is 9.76. The van der Waals surface area contributed by atoms with Gasteiger partial charge in [0.1, 0.15) is 6.61 Å². The number of hydrogen-bond donors (Lipinski definition) is 1. The number of ether oxygens (including phenoxy) is 2. The van der Waals surface area contributed by atoms with Gasteiger partial charge < -0.3 is 14.6 Å². The van der Waals surface area contributed by atoms with Gasteiger partial charge in [0.2, 0.25) is 0 Å². The molecule has 0 atom stereocenters. The number of para-hydroxylation sites is 1. The number of nitrogens with zero attached hydrogens (tertiary/aromatic N) is 2. The summed E-state index contributed by atoms with van der Waals surface area (Å²) in [4.78, 5) is 31.7. The zero-order valence-corrected chi connectivity index (χ0v) is 22.5. The molecule has 1 saturated heterocycles. The molecule has 0 saturated carbocycles. The lowest BCUT2D eigenvalue weighted by Gasteiger charge is -2.16. The first kappa shape index (κ1) is 26.8. The summed E-state index contributed by atoms with van der Waals surface area (Å²) in [6.45, 7) is 0.635. The van der Waals surface area contributed by atoms with Crippen molar-refractivity contribution in [2.45, 2.75) is 13.2 Å². The summed E-state index contributed by atoms with van der Waals surface area (Å²) in [6, 6.07) is 31.3. The Kier molecular flexibility index (Phi) is 8.27. The van der Waals surface area contributed by atoms with E-state index in [0.717, 1.165) is 22.4 Å². The lowest BCUT2D eigenvalue weighted by atomic mass is 10.1. The molecule has 0 unspecified atom stereocenters. The summed E-state index contributed by atoms with van der Waals surface area (Å²) >= 11 is 1.29. The maximum absolute atomic E-state index is 13.6. The average Bonchev–Trinajstić information content (AvgIpc) is 3.26. The fourth-order valence-electron chi connectivity index (χ4n) is 4.06. The van der Waals surface area contributed by atoms with Gasteiger partial charge in [0.15, 0.2) is 16.7 Å². The van der Waals surface area contributed by atoms with Crippen LogP contribution in [0.1, 0.15) is 27.0 Å². The van der Waals surface area contributed by atoms with Gasteiger partial charge in [-0.15, -0.1) is 0 Å². The third kappa shape index (κ3) is 6.42. The number of aromatic carboxylic acids is 1.